The van der Waals surface area contributed by atoms with Crippen LogP contribution in [0.25, 0.3) is 60.9 Å². The smallest absolute Gasteiger partial charge is 0.268 e. The lowest BCUT2D eigenvalue weighted by Gasteiger charge is -2.20. The molecule has 0 aliphatic carbocycles. The van der Waals surface area contributed by atoms with E-state index in [2.05, 4.69) is 58.1 Å². The van der Waals surface area contributed by atoms with Gasteiger partial charge in [-0.15, -0.1) is 0 Å². The first-order chi connectivity index (χ1) is 23.7. The topological polar surface area (TPSA) is 55.2 Å². The van der Waals surface area contributed by atoms with Gasteiger partial charge in [-0.05, 0) is 82.4 Å². The molecule has 0 saturated heterocycles. The van der Waals surface area contributed by atoms with Gasteiger partial charge in [0, 0.05) is 28.7 Å². The van der Waals surface area contributed by atoms with Gasteiger partial charge in [0.1, 0.15) is 0 Å². The van der Waals surface area contributed by atoms with Gasteiger partial charge in [-0.1, -0.05) is 97.1 Å². The average molecular weight is 618 g/mol. The molecule has 0 spiro atoms. The van der Waals surface area contributed by atoms with Gasteiger partial charge in [-0.25, -0.2) is 4.90 Å². The minimum atomic E-state index is -0.338. The lowest BCUT2D eigenvalue weighted by Crippen LogP contribution is -2.30. The van der Waals surface area contributed by atoms with E-state index in [4.69, 9.17) is 0 Å². The predicted molar refractivity (Wildman–Crippen MR) is 192 cm³/mol. The lowest BCUT2D eigenvalue weighted by molar-refractivity contribution is 0.0926. The zero-order valence-corrected chi connectivity index (χ0v) is 25.7. The van der Waals surface area contributed by atoms with Gasteiger partial charge in [0.25, 0.3) is 11.8 Å². The number of imide groups is 1. The molecule has 5 nitrogen and oxygen atoms in total. The van der Waals surface area contributed by atoms with Crippen molar-refractivity contribution in [1.82, 2.24) is 9.55 Å². The van der Waals surface area contributed by atoms with Crippen molar-refractivity contribution in [3.05, 3.63) is 175 Å². The van der Waals surface area contributed by atoms with E-state index >= 15 is 0 Å². The van der Waals surface area contributed by atoms with Crippen LogP contribution in [0.5, 0.6) is 0 Å². The fourth-order valence-corrected chi connectivity index (χ4v) is 7.02. The van der Waals surface area contributed by atoms with E-state index in [1.54, 1.807) is 18.5 Å². The van der Waals surface area contributed by atoms with Crippen LogP contribution < -0.4 is 4.90 Å². The van der Waals surface area contributed by atoms with Crippen LogP contribution in [0.3, 0.4) is 0 Å². The molecule has 48 heavy (non-hydrogen) atoms. The van der Waals surface area contributed by atoms with Gasteiger partial charge in [0.05, 0.1) is 33.5 Å². The SMILES string of the molecule is O=C1c2cccc(-n3c4ccccc4c4cc(-c5ccncc5)ccc43)c2C(=O)N1c1ccc(-c2ccccc2)cc1-c1ccccc1. The number of hydrogen-bond donors (Lipinski definition) is 0. The van der Waals surface area contributed by atoms with E-state index in [1.807, 2.05) is 97.1 Å². The van der Waals surface area contributed by atoms with Crippen LogP contribution in [-0.2, 0) is 0 Å². The number of rotatable bonds is 5. The summed E-state index contributed by atoms with van der Waals surface area (Å²) < 4.78 is 2.12. The van der Waals surface area contributed by atoms with Gasteiger partial charge >= 0.3 is 0 Å². The number of carbonyl (C=O) groups is 2. The second-order valence-corrected chi connectivity index (χ2v) is 11.9. The first-order valence-corrected chi connectivity index (χ1v) is 15.9. The van der Waals surface area contributed by atoms with E-state index in [0.29, 0.717) is 22.5 Å². The molecule has 0 fully saturated rings. The van der Waals surface area contributed by atoms with Crippen LogP contribution in [-0.4, -0.2) is 21.4 Å². The fourth-order valence-electron chi connectivity index (χ4n) is 7.02. The summed E-state index contributed by atoms with van der Waals surface area (Å²) >= 11 is 0. The summed E-state index contributed by atoms with van der Waals surface area (Å²) in [6.07, 6.45) is 3.59. The van der Waals surface area contributed by atoms with E-state index in [-0.39, 0.29) is 11.8 Å². The molecule has 2 amide bonds. The molecule has 1 aliphatic rings. The van der Waals surface area contributed by atoms with Crippen molar-refractivity contribution in [1.29, 1.82) is 0 Å². The van der Waals surface area contributed by atoms with Crippen LogP contribution in [0.2, 0.25) is 0 Å². The van der Waals surface area contributed by atoms with Crippen LogP contribution in [0.1, 0.15) is 20.7 Å². The van der Waals surface area contributed by atoms with Crippen LogP contribution in [0.4, 0.5) is 5.69 Å². The van der Waals surface area contributed by atoms with E-state index in [0.717, 1.165) is 55.2 Å². The molecule has 0 atom stereocenters. The molecule has 0 N–H and O–H groups in total. The number of nitrogens with zero attached hydrogens (tertiary/aromatic N) is 3. The molecule has 2 aromatic heterocycles. The number of carbonyl (C=O) groups excluding carboxylic acids is 2. The predicted octanol–water partition coefficient (Wildman–Crippen LogP) is 9.98. The molecule has 6 aromatic carbocycles. The molecule has 0 saturated carbocycles. The number of hydrogen-bond acceptors (Lipinski definition) is 3. The number of amides is 2. The molecule has 226 valence electrons. The molecule has 0 bridgehead atoms. The summed E-state index contributed by atoms with van der Waals surface area (Å²) in [4.78, 5) is 34.5. The summed E-state index contributed by atoms with van der Waals surface area (Å²) in [5.41, 5.74) is 9.91. The van der Waals surface area contributed by atoms with E-state index in [1.165, 1.54) is 4.90 Å². The van der Waals surface area contributed by atoms with Crippen molar-refractivity contribution >= 4 is 39.3 Å². The molecule has 8 aromatic rings. The number of pyridine rings is 1. The Bertz CT molecular complexity index is 2540. The molecular formula is C43H27N3O2. The molecule has 5 heteroatoms. The Morgan fingerprint density at radius 1 is 0.417 bits per heavy atom. The van der Waals surface area contributed by atoms with Gasteiger partial charge in [-0.3, -0.25) is 14.6 Å². The van der Waals surface area contributed by atoms with Crippen molar-refractivity contribution in [2.24, 2.45) is 0 Å². The van der Waals surface area contributed by atoms with Crippen LogP contribution >= 0.6 is 0 Å². The summed E-state index contributed by atoms with van der Waals surface area (Å²) in [5, 5.41) is 2.13. The van der Waals surface area contributed by atoms with Crippen LogP contribution in [0.15, 0.2) is 164 Å². The second kappa shape index (κ2) is 11.0. The van der Waals surface area contributed by atoms with Crippen molar-refractivity contribution in [2.75, 3.05) is 4.90 Å². The first-order valence-electron chi connectivity index (χ1n) is 15.9. The second-order valence-electron chi connectivity index (χ2n) is 11.9. The Balaban J connectivity index is 1.22. The monoisotopic (exact) mass is 617 g/mol. The molecule has 0 radical (unpaired) electrons. The highest BCUT2D eigenvalue weighted by atomic mass is 16.2. The fraction of sp³-hybridized carbons (Fsp3) is 0. The van der Waals surface area contributed by atoms with E-state index in [9.17, 15) is 9.59 Å². The van der Waals surface area contributed by atoms with Crippen molar-refractivity contribution in [2.45, 2.75) is 0 Å². The number of aromatic nitrogens is 2. The van der Waals surface area contributed by atoms with Crippen molar-refractivity contribution < 1.29 is 9.59 Å². The molecule has 1 aliphatic heterocycles. The van der Waals surface area contributed by atoms with Crippen LogP contribution in [0, 0.1) is 0 Å². The highest BCUT2D eigenvalue weighted by Crippen LogP contribution is 2.42. The van der Waals surface area contributed by atoms with Gasteiger partial charge < -0.3 is 4.57 Å². The standard InChI is InChI=1S/C43H27N3O2/c47-42-34-15-9-17-40(45-37-16-8-7-14-33(37)36-27-32(19-21-39(36)45)29-22-24-44-25-23-29)41(34)43(48)46(42)38-20-18-31(28-10-3-1-4-11-28)26-35(38)30-12-5-2-6-13-30/h1-27H. The molecule has 0 unspecified atom stereocenters. The zero-order chi connectivity index (χ0) is 32.2. The Morgan fingerprint density at radius 2 is 1.06 bits per heavy atom. The van der Waals surface area contributed by atoms with Gasteiger partial charge in [0.15, 0.2) is 0 Å². The number of anilines is 1. The largest absolute Gasteiger partial charge is 0.308 e. The molecular weight excluding hydrogens is 590 g/mol. The lowest BCUT2D eigenvalue weighted by atomic mass is 9.97. The molecule has 9 rings (SSSR count). The average Bonchev–Trinajstić information content (AvgIpc) is 3.62. The Kier molecular flexibility index (Phi) is 6.37. The third kappa shape index (κ3) is 4.29. The van der Waals surface area contributed by atoms with Gasteiger partial charge in [-0.2, -0.15) is 0 Å². The van der Waals surface area contributed by atoms with E-state index < -0.39 is 0 Å². The Labute approximate surface area is 277 Å². The minimum absolute atomic E-state index is 0.331. The highest BCUT2D eigenvalue weighted by Gasteiger charge is 2.40. The van der Waals surface area contributed by atoms with Crippen molar-refractivity contribution in [3.63, 3.8) is 0 Å². The maximum Gasteiger partial charge on any atom is 0.268 e. The maximum absolute atomic E-state index is 14.7. The zero-order valence-electron chi connectivity index (χ0n) is 25.7. The maximum atomic E-state index is 14.7. The normalized spacial score (nSPS) is 12.6. The third-order valence-corrected chi connectivity index (χ3v) is 9.25. The number of para-hydroxylation sites is 1. The van der Waals surface area contributed by atoms with Crippen molar-refractivity contribution in [3.8, 4) is 39.1 Å². The number of fused-ring (bicyclic) bond motifs is 4. The summed E-state index contributed by atoms with van der Waals surface area (Å²) in [6, 6.07) is 50.1. The summed E-state index contributed by atoms with van der Waals surface area (Å²) in [6.45, 7) is 0. The summed E-state index contributed by atoms with van der Waals surface area (Å²) in [7, 11) is 0. The number of benzene rings is 6. The Hall–Kier alpha value is -6.59. The minimum Gasteiger partial charge on any atom is -0.308 e. The first kappa shape index (κ1) is 27.7. The Morgan fingerprint density at radius 3 is 1.85 bits per heavy atom. The third-order valence-electron chi connectivity index (χ3n) is 9.25. The van der Waals surface area contributed by atoms with Gasteiger partial charge in [0.2, 0.25) is 0 Å². The quantitative estimate of drug-likeness (QED) is 0.181. The highest BCUT2D eigenvalue weighted by molar-refractivity contribution is 6.36. The molecule has 3 heterocycles. The summed E-state index contributed by atoms with van der Waals surface area (Å²) in [5.74, 6) is -0.670.